The maximum Gasteiger partial charge on any atom is 0.301 e. The van der Waals surface area contributed by atoms with Gasteiger partial charge in [-0.25, -0.2) is 0 Å². The molecule has 1 saturated heterocycles. The Morgan fingerprint density at radius 2 is 1.74 bits per heavy atom. The van der Waals surface area contributed by atoms with Crippen molar-refractivity contribution < 1.29 is 9.15 Å². The topological polar surface area (TPSA) is 55.6 Å². The molecule has 23 heavy (non-hydrogen) atoms. The van der Waals surface area contributed by atoms with Crippen molar-refractivity contribution in [1.82, 2.24) is 4.98 Å². The van der Waals surface area contributed by atoms with Crippen LogP contribution in [0.15, 0.2) is 57.7 Å². The molecule has 5 heteroatoms. The average molecular weight is 308 g/mol. The van der Waals surface area contributed by atoms with E-state index in [9.17, 15) is 4.79 Å². The van der Waals surface area contributed by atoms with E-state index in [1.807, 2.05) is 53.4 Å². The molecule has 0 amide bonds. The number of morpholine rings is 1. The molecule has 0 spiro atoms. The van der Waals surface area contributed by atoms with E-state index in [4.69, 9.17) is 9.15 Å². The molecule has 1 fully saturated rings. The SMILES string of the molecule is O=c1nc(N2CCOCC2)oc2ccc(-c3ccccc3)cc12. The van der Waals surface area contributed by atoms with Crippen molar-refractivity contribution in [3.63, 3.8) is 0 Å². The van der Waals surface area contributed by atoms with Crippen LogP contribution in [-0.2, 0) is 4.74 Å². The van der Waals surface area contributed by atoms with Crippen LogP contribution in [0.2, 0.25) is 0 Å². The number of aromatic nitrogens is 1. The van der Waals surface area contributed by atoms with E-state index >= 15 is 0 Å². The van der Waals surface area contributed by atoms with Crippen LogP contribution < -0.4 is 10.5 Å². The normalized spacial score (nSPS) is 15.0. The van der Waals surface area contributed by atoms with Gasteiger partial charge in [-0.1, -0.05) is 36.4 Å². The van der Waals surface area contributed by atoms with E-state index in [0.29, 0.717) is 43.3 Å². The molecule has 1 aliphatic rings. The molecule has 0 saturated carbocycles. The summed E-state index contributed by atoms with van der Waals surface area (Å²) in [5.74, 6) is 0. The number of nitrogens with zero attached hydrogens (tertiary/aromatic N) is 2. The fraction of sp³-hybridized carbons (Fsp3) is 0.222. The molecule has 4 rings (SSSR count). The van der Waals surface area contributed by atoms with Crippen LogP contribution in [0.5, 0.6) is 0 Å². The van der Waals surface area contributed by atoms with Crippen molar-refractivity contribution in [2.45, 2.75) is 0 Å². The Hall–Kier alpha value is -2.66. The van der Waals surface area contributed by atoms with Crippen molar-refractivity contribution in [3.8, 4) is 11.1 Å². The Labute approximate surface area is 133 Å². The summed E-state index contributed by atoms with van der Waals surface area (Å²) >= 11 is 0. The van der Waals surface area contributed by atoms with Crippen LogP contribution in [0.1, 0.15) is 0 Å². The van der Waals surface area contributed by atoms with Crippen LogP contribution in [-0.4, -0.2) is 31.3 Å². The number of hydrogen-bond donors (Lipinski definition) is 0. The highest BCUT2D eigenvalue weighted by Gasteiger charge is 2.17. The monoisotopic (exact) mass is 308 g/mol. The third kappa shape index (κ3) is 2.71. The van der Waals surface area contributed by atoms with Crippen LogP contribution in [0, 0.1) is 0 Å². The molecule has 0 atom stereocenters. The van der Waals surface area contributed by atoms with Crippen molar-refractivity contribution in [2.75, 3.05) is 31.2 Å². The van der Waals surface area contributed by atoms with Crippen LogP contribution in [0.4, 0.5) is 6.01 Å². The van der Waals surface area contributed by atoms with Gasteiger partial charge < -0.3 is 14.1 Å². The summed E-state index contributed by atoms with van der Waals surface area (Å²) < 4.78 is 11.1. The van der Waals surface area contributed by atoms with Crippen molar-refractivity contribution >= 4 is 17.0 Å². The molecule has 2 heterocycles. The first-order valence-corrected chi connectivity index (χ1v) is 7.64. The second kappa shape index (κ2) is 5.85. The highest BCUT2D eigenvalue weighted by atomic mass is 16.5. The maximum absolute atomic E-state index is 12.4. The zero-order chi connectivity index (χ0) is 15.6. The third-order valence-corrected chi connectivity index (χ3v) is 4.00. The molecular weight excluding hydrogens is 292 g/mol. The van der Waals surface area contributed by atoms with Gasteiger partial charge >= 0.3 is 6.01 Å². The minimum absolute atomic E-state index is 0.259. The van der Waals surface area contributed by atoms with E-state index in [1.165, 1.54) is 0 Å². The lowest BCUT2D eigenvalue weighted by Crippen LogP contribution is -2.37. The average Bonchev–Trinajstić information content (AvgIpc) is 2.63. The summed E-state index contributed by atoms with van der Waals surface area (Å²) in [7, 11) is 0. The van der Waals surface area contributed by atoms with Gasteiger partial charge in [0.25, 0.3) is 5.56 Å². The van der Waals surface area contributed by atoms with Crippen molar-refractivity contribution in [1.29, 1.82) is 0 Å². The molecule has 3 aromatic rings. The lowest BCUT2D eigenvalue weighted by atomic mass is 10.0. The molecule has 0 aliphatic carbocycles. The predicted octanol–water partition coefficient (Wildman–Crippen LogP) is 2.69. The molecule has 0 unspecified atom stereocenters. The first kappa shape index (κ1) is 14.0. The number of hydrogen-bond acceptors (Lipinski definition) is 5. The fourth-order valence-corrected chi connectivity index (χ4v) is 2.75. The van der Waals surface area contributed by atoms with E-state index < -0.39 is 0 Å². The highest BCUT2D eigenvalue weighted by Crippen LogP contribution is 2.24. The first-order chi connectivity index (χ1) is 11.3. The van der Waals surface area contributed by atoms with Crippen molar-refractivity contribution in [2.24, 2.45) is 0 Å². The summed E-state index contributed by atoms with van der Waals surface area (Å²) in [6.45, 7) is 2.61. The summed E-state index contributed by atoms with van der Waals surface area (Å²) in [5.41, 5.74) is 2.34. The zero-order valence-corrected chi connectivity index (χ0v) is 12.6. The van der Waals surface area contributed by atoms with E-state index in [1.54, 1.807) is 0 Å². The second-order valence-electron chi connectivity index (χ2n) is 5.48. The summed E-state index contributed by atoms with van der Waals surface area (Å²) in [6, 6.07) is 16.0. The molecule has 1 aromatic heterocycles. The largest absolute Gasteiger partial charge is 0.425 e. The van der Waals surface area contributed by atoms with Gasteiger partial charge in [-0.2, -0.15) is 4.98 Å². The third-order valence-electron chi connectivity index (χ3n) is 4.00. The smallest absolute Gasteiger partial charge is 0.301 e. The Bertz CT molecular complexity index is 884. The van der Waals surface area contributed by atoms with Gasteiger partial charge in [0.05, 0.1) is 18.6 Å². The van der Waals surface area contributed by atoms with Gasteiger partial charge in [0, 0.05) is 13.1 Å². The summed E-state index contributed by atoms with van der Waals surface area (Å²) in [4.78, 5) is 18.4. The molecule has 2 aromatic carbocycles. The van der Waals surface area contributed by atoms with Gasteiger partial charge in [0.15, 0.2) is 0 Å². The Kier molecular flexibility index (Phi) is 3.55. The summed E-state index contributed by atoms with van der Waals surface area (Å²) in [6.07, 6.45) is 0. The minimum Gasteiger partial charge on any atom is -0.425 e. The molecule has 116 valence electrons. The second-order valence-corrected chi connectivity index (χ2v) is 5.48. The standard InChI is InChI=1S/C18H16N2O3/c21-17-15-12-14(13-4-2-1-3-5-13)6-7-16(15)23-18(19-17)20-8-10-22-11-9-20/h1-7,12H,8-11H2. The predicted molar refractivity (Wildman–Crippen MR) is 88.7 cm³/mol. The molecule has 0 N–H and O–H groups in total. The van der Waals surface area contributed by atoms with Crippen LogP contribution >= 0.6 is 0 Å². The van der Waals surface area contributed by atoms with E-state index in [-0.39, 0.29) is 5.56 Å². The Balaban J connectivity index is 1.78. The first-order valence-electron chi connectivity index (χ1n) is 7.64. The molecular formula is C18H16N2O3. The van der Waals surface area contributed by atoms with E-state index in [0.717, 1.165) is 11.1 Å². The molecule has 5 nitrogen and oxygen atoms in total. The van der Waals surface area contributed by atoms with Gasteiger partial charge in [0.2, 0.25) is 0 Å². The summed E-state index contributed by atoms with van der Waals surface area (Å²) in [5, 5.41) is 0.503. The number of ether oxygens (including phenoxy) is 1. The zero-order valence-electron chi connectivity index (χ0n) is 12.6. The molecule has 1 aliphatic heterocycles. The van der Waals surface area contributed by atoms with Gasteiger partial charge in [0.1, 0.15) is 5.58 Å². The fourth-order valence-electron chi connectivity index (χ4n) is 2.75. The lowest BCUT2D eigenvalue weighted by molar-refractivity contribution is 0.120. The van der Waals surface area contributed by atoms with Gasteiger partial charge in [-0.3, -0.25) is 4.79 Å². The lowest BCUT2D eigenvalue weighted by Gasteiger charge is -2.25. The minimum atomic E-state index is -0.259. The maximum atomic E-state index is 12.4. The van der Waals surface area contributed by atoms with Crippen LogP contribution in [0.25, 0.3) is 22.1 Å². The Morgan fingerprint density at radius 1 is 0.957 bits per heavy atom. The quantitative estimate of drug-likeness (QED) is 0.728. The number of fused-ring (bicyclic) bond motifs is 1. The van der Waals surface area contributed by atoms with E-state index in [2.05, 4.69) is 4.98 Å². The van der Waals surface area contributed by atoms with Crippen molar-refractivity contribution in [3.05, 3.63) is 58.9 Å². The molecule has 0 radical (unpaired) electrons. The number of benzene rings is 2. The number of rotatable bonds is 2. The van der Waals surface area contributed by atoms with Gasteiger partial charge in [-0.05, 0) is 23.3 Å². The molecule has 0 bridgehead atoms. The number of anilines is 1. The Morgan fingerprint density at radius 3 is 2.52 bits per heavy atom. The highest BCUT2D eigenvalue weighted by molar-refractivity contribution is 5.82. The van der Waals surface area contributed by atoms with Crippen LogP contribution in [0.3, 0.4) is 0 Å². The van der Waals surface area contributed by atoms with Gasteiger partial charge in [-0.15, -0.1) is 0 Å².